The molecule has 1 aromatic heterocycles. The van der Waals surface area contributed by atoms with Gasteiger partial charge in [-0.1, -0.05) is 51.3 Å². The van der Waals surface area contributed by atoms with Crippen molar-refractivity contribution in [1.82, 2.24) is 9.55 Å². The van der Waals surface area contributed by atoms with Gasteiger partial charge in [-0.3, -0.25) is 19.0 Å². The maximum atomic E-state index is 14.1. The fraction of sp³-hybridized carbons (Fsp3) is 0.333. The Kier molecular flexibility index (Phi) is 9.17. The maximum absolute atomic E-state index is 14.1. The summed E-state index contributed by atoms with van der Waals surface area (Å²) in [4.78, 5) is 42.6. The molecule has 41 heavy (non-hydrogen) atoms. The number of carbonyl (C=O) groups excluding carboxylic acids is 3. The molecule has 2 aromatic carbocycles. The van der Waals surface area contributed by atoms with Gasteiger partial charge in [0.2, 0.25) is 5.95 Å². The second kappa shape index (κ2) is 12.1. The number of hydrogen-bond acceptors (Lipinski definition) is 8. The van der Waals surface area contributed by atoms with Gasteiger partial charge in [0.1, 0.15) is 18.2 Å². The van der Waals surface area contributed by atoms with E-state index < -0.39 is 45.1 Å². The molecular weight excluding hydrogens is 661 g/mol. The zero-order chi connectivity index (χ0) is 30.1. The topological polar surface area (TPSA) is 125 Å². The molecule has 0 radical (unpaired) electrons. The molecule has 1 amide bonds. The summed E-state index contributed by atoms with van der Waals surface area (Å²) in [6.45, 7) is 3.72. The predicted molar refractivity (Wildman–Crippen MR) is 156 cm³/mol. The van der Waals surface area contributed by atoms with E-state index in [0.717, 1.165) is 10.0 Å². The first-order valence-electron chi connectivity index (χ1n) is 12.4. The van der Waals surface area contributed by atoms with Gasteiger partial charge in [0.05, 0.1) is 17.6 Å². The standard InChI is InChI=1S/C27H26BrCl2N3O7S/c1-16(34)39-15-23(40-17(2)35)8-9-41(37,38)24-14-31-26-32(22-11-20(29)10-21(30)12-22)25(36)27(3,33(24)26)13-18-4-6-19(28)7-5-18/h4-7,10-12,14,23H,8-9,13,15H2,1-3H3/t23-,27+/m0/s1. The van der Waals surface area contributed by atoms with Crippen LogP contribution in [-0.2, 0) is 45.7 Å². The quantitative estimate of drug-likeness (QED) is 0.265. The Morgan fingerprint density at radius 2 is 1.71 bits per heavy atom. The Hall–Kier alpha value is -2.93. The van der Waals surface area contributed by atoms with Crippen LogP contribution < -0.4 is 4.90 Å². The Morgan fingerprint density at radius 3 is 2.29 bits per heavy atom. The number of nitrogens with zero attached hydrogens (tertiary/aromatic N) is 3. The van der Waals surface area contributed by atoms with E-state index >= 15 is 0 Å². The molecule has 0 bridgehead atoms. The van der Waals surface area contributed by atoms with E-state index in [9.17, 15) is 22.8 Å². The van der Waals surface area contributed by atoms with Crippen LogP contribution in [0.5, 0.6) is 0 Å². The van der Waals surface area contributed by atoms with E-state index in [1.54, 1.807) is 19.1 Å². The van der Waals surface area contributed by atoms with Gasteiger partial charge in [0.15, 0.2) is 14.9 Å². The SMILES string of the molecule is CC(=O)OC[C@H](CCS(=O)(=O)c1cnc2n1[C@](C)(Cc1ccc(Br)cc1)C(=O)N2c1cc(Cl)cc(Cl)c1)OC(C)=O. The summed E-state index contributed by atoms with van der Waals surface area (Å²) in [5.41, 5.74) is -0.280. The first-order valence-corrected chi connectivity index (χ1v) is 15.6. The van der Waals surface area contributed by atoms with E-state index in [-0.39, 0.29) is 40.5 Å². The highest BCUT2D eigenvalue weighted by Gasteiger charge is 2.51. The van der Waals surface area contributed by atoms with Gasteiger partial charge >= 0.3 is 11.9 Å². The summed E-state index contributed by atoms with van der Waals surface area (Å²) in [6, 6.07) is 11.9. The number of anilines is 2. The van der Waals surface area contributed by atoms with Crippen molar-refractivity contribution in [2.45, 2.75) is 50.3 Å². The number of rotatable bonds is 10. The Morgan fingerprint density at radius 1 is 1.07 bits per heavy atom. The highest BCUT2D eigenvalue weighted by atomic mass is 79.9. The van der Waals surface area contributed by atoms with Gasteiger partial charge in [-0.25, -0.2) is 18.3 Å². The third kappa shape index (κ3) is 6.77. The lowest BCUT2D eigenvalue weighted by molar-refractivity contribution is -0.156. The molecule has 4 rings (SSSR count). The molecular formula is C27H26BrCl2N3O7S. The third-order valence-corrected chi connectivity index (χ3v) is 9.13. The molecule has 0 unspecified atom stereocenters. The van der Waals surface area contributed by atoms with Crippen molar-refractivity contribution < 1.29 is 32.3 Å². The van der Waals surface area contributed by atoms with Crippen LogP contribution in [0.15, 0.2) is 58.2 Å². The third-order valence-electron chi connectivity index (χ3n) is 6.47. The van der Waals surface area contributed by atoms with Gasteiger partial charge in [-0.2, -0.15) is 0 Å². The number of fused-ring (bicyclic) bond motifs is 1. The van der Waals surface area contributed by atoms with E-state index in [1.165, 1.54) is 35.6 Å². The van der Waals surface area contributed by atoms with Crippen LogP contribution in [0.4, 0.5) is 11.6 Å². The molecule has 0 saturated carbocycles. The number of aromatic nitrogens is 2. The Labute approximate surface area is 255 Å². The van der Waals surface area contributed by atoms with Gasteiger partial charge in [0, 0.05) is 41.2 Å². The van der Waals surface area contributed by atoms with Crippen molar-refractivity contribution in [3.63, 3.8) is 0 Å². The number of sulfone groups is 1. The zero-order valence-corrected chi connectivity index (χ0v) is 26.2. The zero-order valence-electron chi connectivity index (χ0n) is 22.3. The van der Waals surface area contributed by atoms with Crippen LogP contribution in [0.1, 0.15) is 32.8 Å². The minimum Gasteiger partial charge on any atom is -0.462 e. The number of imidazole rings is 1. The highest BCUT2D eigenvalue weighted by Crippen LogP contribution is 2.44. The molecule has 3 aromatic rings. The summed E-state index contributed by atoms with van der Waals surface area (Å²) in [6.07, 6.45) is 0.218. The maximum Gasteiger partial charge on any atom is 0.303 e. The second-order valence-electron chi connectivity index (χ2n) is 9.72. The van der Waals surface area contributed by atoms with Crippen molar-refractivity contribution in [1.29, 1.82) is 0 Å². The molecule has 2 atom stereocenters. The van der Waals surface area contributed by atoms with Crippen molar-refractivity contribution in [2.75, 3.05) is 17.3 Å². The summed E-state index contributed by atoms with van der Waals surface area (Å²) in [5, 5.41) is 0.388. The van der Waals surface area contributed by atoms with Crippen LogP contribution in [0.3, 0.4) is 0 Å². The van der Waals surface area contributed by atoms with Crippen LogP contribution in [0, 0.1) is 0 Å². The number of ether oxygens (including phenoxy) is 2. The summed E-state index contributed by atoms with van der Waals surface area (Å²) < 4.78 is 39.8. The molecule has 0 fully saturated rings. The summed E-state index contributed by atoms with van der Waals surface area (Å²) >= 11 is 15.9. The second-order valence-corrected chi connectivity index (χ2v) is 13.6. The van der Waals surface area contributed by atoms with Crippen LogP contribution >= 0.6 is 39.1 Å². The number of hydrogen-bond donors (Lipinski definition) is 0. The van der Waals surface area contributed by atoms with Crippen molar-refractivity contribution >= 4 is 78.5 Å². The van der Waals surface area contributed by atoms with Crippen LogP contribution in [0.2, 0.25) is 10.0 Å². The van der Waals surface area contributed by atoms with E-state index in [1.807, 2.05) is 24.3 Å². The van der Waals surface area contributed by atoms with Crippen molar-refractivity contribution in [2.24, 2.45) is 0 Å². The smallest absolute Gasteiger partial charge is 0.303 e. The van der Waals surface area contributed by atoms with E-state index in [0.29, 0.717) is 5.69 Å². The van der Waals surface area contributed by atoms with E-state index in [4.69, 9.17) is 32.7 Å². The number of amides is 1. The lowest BCUT2D eigenvalue weighted by Crippen LogP contribution is -2.42. The molecule has 218 valence electrons. The Balaban J connectivity index is 1.77. The molecule has 0 saturated heterocycles. The fourth-order valence-electron chi connectivity index (χ4n) is 4.66. The molecule has 1 aliphatic rings. The minimum absolute atomic E-state index is 0.0861. The molecule has 0 spiro atoms. The van der Waals surface area contributed by atoms with Crippen molar-refractivity contribution in [3.8, 4) is 0 Å². The lowest BCUT2D eigenvalue weighted by atomic mass is 9.92. The molecule has 10 nitrogen and oxygen atoms in total. The largest absolute Gasteiger partial charge is 0.462 e. The van der Waals surface area contributed by atoms with Gasteiger partial charge in [0.25, 0.3) is 5.91 Å². The fourth-order valence-corrected chi connectivity index (χ4v) is 7.00. The summed E-state index contributed by atoms with van der Waals surface area (Å²) in [7, 11) is -4.10. The molecule has 14 heteroatoms. The number of halogens is 3. The summed E-state index contributed by atoms with van der Waals surface area (Å²) in [5.74, 6) is -2.05. The first kappa shape index (κ1) is 31.0. The number of esters is 2. The van der Waals surface area contributed by atoms with E-state index in [2.05, 4.69) is 20.9 Å². The predicted octanol–water partition coefficient (Wildman–Crippen LogP) is 5.25. The van der Waals surface area contributed by atoms with Crippen molar-refractivity contribution in [3.05, 3.63) is 68.7 Å². The molecule has 0 N–H and O–H groups in total. The Bertz CT molecular complexity index is 1590. The molecule has 2 heterocycles. The average molecular weight is 687 g/mol. The van der Waals surface area contributed by atoms with Gasteiger partial charge < -0.3 is 9.47 Å². The monoisotopic (exact) mass is 685 g/mol. The normalized spacial score (nSPS) is 17.3. The molecule has 1 aliphatic heterocycles. The van der Waals surface area contributed by atoms with Gasteiger partial charge in [-0.05, 0) is 42.8 Å². The first-order chi connectivity index (χ1) is 19.2. The average Bonchev–Trinajstić information content (AvgIpc) is 3.40. The number of benzene rings is 2. The minimum atomic E-state index is -4.10. The molecule has 0 aliphatic carbocycles. The van der Waals surface area contributed by atoms with Crippen LogP contribution in [-0.4, -0.2) is 54.3 Å². The van der Waals surface area contributed by atoms with Crippen LogP contribution in [0.25, 0.3) is 0 Å². The number of carbonyl (C=O) groups is 3. The van der Waals surface area contributed by atoms with Gasteiger partial charge in [-0.15, -0.1) is 0 Å². The lowest BCUT2D eigenvalue weighted by Gasteiger charge is -2.27. The highest BCUT2D eigenvalue weighted by molar-refractivity contribution is 9.10.